The molecule has 0 saturated carbocycles. The van der Waals surface area contributed by atoms with Crippen LogP contribution in [0.5, 0.6) is 0 Å². The molecule has 2 saturated heterocycles. The predicted octanol–water partition coefficient (Wildman–Crippen LogP) is 2.12. The van der Waals surface area contributed by atoms with Crippen molar-refractivity contribution in [3.63, 3.8) is 0 Å². The van der Waals surface area contributed by atoms with E-state index in [0.29, 0.717) is 29.2 Å². The molecule has 1 aromatic carbocycles. The maximum atomic E-state index is 13.6. The van der Waals surface area contributed by atoms with Gasteiger partial charge in [-0.1, -0.05) is 0 Å². The van der Waals surface area contributed by atoms with E-state index < -0.39 is 0 Å². The lowest BCUT2D eigenvalue weighted by Gasteiger charge is -2.24. The first-order valence-electron chi connectivity index (χ1n) is 8.89. The van der Waals surface area contributed by atoms with Gasteiger partial charge in [-0.2, -0.15) is 4.80 Å². The normalized spacial score (nSPS) is 21.4. The maximum Gasteiger partial charge on any atom is 0.225 e. The average Bonchev–Trinajstić information content (AvgIpc) is 3.38. The average molecular weight is 443 g/mol. The highest BCUT2D eigenvalue weighted by molar-refractivity contribution is 9.10. The van der Waals surface area contributed by atoms with Crippen LogP contribution in [0.2, 0.25) is 0 Å². The van der Waals surface area contributed by atoms with Gasteiger partial charge in [0.25, 0.3) is 0 Å². The molecule has 3 aromatic rings. The van der Waals surface area contributed by atoms with Crippen LogP contribution < -0.4 is 9.80 Å². The van der Waals surface area contributed by atoms with Crippen molar-refractivity contribution in [3.05, 3.63) is 47.9 Å². The molecule has 0 bridgehead atoms. The zero-order chi connectivity index (χ0) is 19.3. The van der Waals surface area contributed by atoms with E-state index in [2.05, 4.69) is 51.1 Å². The molecule has 2 aliphatic rings. The topological polar surface area (TPSA) is 75.9 Å². The fourth-order valence-electron chi connectivity index (χ4n) is 4.02. The number of nitrogens with zero attached hydrogens (tertiary/aromatic N) is 8. The monoisotopic (exact) mass is 442 g/mol. The fourth-order valence-corrected chi connectivity index (χ4v) is 4.52. The molecular weight excluding hydrogens is 427 g/mol. The quantitative estimate of drug-likeness (QED) is 0.614. The standard InChI is InChI=1S/C18H16BrFN8/c1-26-24-17(23-25-26)11-5-21-18(22-6-11)28-9-12-7-27(8-13(12)10-28)16-4-14(20)2-3-15(16)19/h1-6,12-13H,7-10H2. The number of hydrogen-bond donors (Lipinski definition) is 0. The first kappa shape index (κ1) is 17.5. The van der Waals surface area contributed by atoms with E-state index in [1.807, 2.05) is 0 Å². The van der Waals surface area contributed by atoms with Crippen molar-refractivity contribution in [2.75, 3.05) is 36.0 Å². The summed E-state index contributed by atoms with van der Waals surface area (Å²) in [6.45, 7) is 3.55. The van der Waals surface area contributed by atoms with Crippen molar-refractivity contribution in [1.29, 1.82) is 0 Å². The van der Waals surface area contributed by atoms with Gasteiger partial charge < -0.3 is 9.80 Å². The Labute approximate surface area is 169 Å². The number of hydrogen-bond acceptors (Lipinski definition) is 7. The summed E-state index contributed by atoms with van der Waals surface area (Å²) in [5, 5.41) is 11.4. The van der Waals surface area contributed by atoms with Gasteiger partial charge in [0.2, 0.25) is 11.8 Å². The molecule has 5 rings (SSSR count). The Morgan fingerprint density at radius 2 is 1.71 bits per heavy atom. The third kappa shape index (κ3) is 3.11. The molecule has 2 aliphatic heterocycles. The Balaban J connectivity index is 1.27. The zero-order valence-electron chi connectivity index (χ0n) is 14.8. The first-order valence-corrected chi connectivity index (χ1v) is 9.68. The minimum absolute atomic E-state index is 0.213. The van der Waals surface area contributed by atoms with Gasteiger partial charge in [0.05, 0.1) is 11.3 Å². The van der Waals surface area contributed by atoms with Gasteiger partial charge in [0, 0.05) is 54.9 Å². The second-order valence-corrected chi connectivity index (χ2v) is 7.99. The van der Waals surface area contributed by atoms with E-state index in [1.165, 1.54) is 6.07 Å². The number of rotatable bonds is 3. The van der Waals surface area contributed by atoms with Crippen LogP contribution >= 0.6 is 15.9 Å². The highest BCUT2D eigenvalue weighted by atomic mass is 79.9. The zero-order valence-corrected chi connectivity index (χ0v) is 16.4. The summed E-state index contributed by atoms with van der Waals surface area (Å²) in [7, 11) is 5.42. The molecule has 4 heterocycles. The van der Waals surface area contributed by atoms with Gasteiger partial charge in [0.15, 0.2) is 0 Å². The number of benzene rings is 1. The van der Waals surface area contributed by atoms with Gasteiger partial charge >= 0.3 is 0 Å². The predicted molar refractivity (Wildman–Crippen MR) is 104 cm³/mol. The van der Waals surface area contributed by atoms with Gasteiger partial charge in [-0.3, -0.25) is 0 Å². The lowest BCUT2D eigenvalue weighted by Crippen LogP contribution is -2.29. The second kappa shape index (κ2) is 6.77. The molecule has 0 spiro atoms. The lowest BCUT2D eigenvalue weighted by atomic mass is 10.0. The Morgan fingerprint density at radius 3 is 2.36 bits per heavy atom. The van der Waals surface area contributed by atoms with E-state index in [-0.39, 0.29) is 5.82 Å². The fraction of sp³-hybridized carbons (Fsp3) is 0.333. The van der Waals surface area contributed by atoms with Crippen molar-refractivity contribution < 1.29 is 4.39 Å². The van der Waals surface area contributed by atoms with Gasteiger partial charge in [0.1, 0.15) is 12.9 Å². The third-order valence-corrected chi connectivity index (χ3v) is 6.01. The van der Waals surface area contributed by atoms with Crippen molar-refractivity contribution in [2.24, 2.45) is 11.8 Å². The Bertz CT molecular complexity index is 993. The summed E-state index contributed by atoms with van der Waals surface area (Å²) in [6, 6.07) is 4.83. The van der Waals surface area contributed by atoms with E-state index in [9.17, 15) is 4.39 Å². The summed E-state index contributed by atoms with van der Waals surface area (Å²) >= 11 is 3.53. The SMILES string of the molecule is [CH]n1nnc(-c2cnc(N3CC4CN(c5cc(F)ccc5Br)CC4C3)nc2)n1. The molecule has 28 heavy (non-hydrogen) atoms. The van der Waals surface area contributed by atoms with Crippen LogP contribution in [0.4, 0.5) is 16.0 Å². The number of aromatic nitrogens is 6. The third-order valence-electron chi connectivity index (χ3n) is 5.34. The molecular formula is C18H16BrFN8. The van der Waals surface area contributed by atoms with E-state index in [4.69, 9.17) is 7.05 Å². The van der Waals surface area contributed by atoms with Gasteiger partial charge in [-0.05, 0) is 39.3 Å². The van der Waals surface area contributed by atoms with E-state index in [1.54, 1.807) is 24.5 Å². The summed E-state index contributed by atoms with van der Waals surface area (Å²) in [5.41, 5.74) is 1.59. The Morgan fingerprint density at radius 1 is 1.04 bits per heavy atom. The molecule has 2 radical (unpaired) electrons. The smallest absolute Gasteiger partial charge is 0.225 e. The van der Waals surface area contributed by atoms with Crippen molar-refractivity contribution in [1.82, 2.24) is 30.2 Å². The van der Waals surface area contributed by atoms with Crippen LogP contribution in [0.25, 0.3) is 11.4 Å². The summed E-state index contributed by atoms with van der Waals surface area (Å²) < 4.78 is 14.6. The minimum Gasteiger partial charge on any atom is -0.370 e. The highest BCUT2D eigenvalue weighted by Crippen LogP contribution is 2.38. The molecule has 2 atom stereocenters. The molecule has 0 amide bonds. The van der Waals surface area contributed by atoms with Gasteiger partial charge in [-0.15, -0.1) is 10.2 Å². The number of fused-ring (bicyclic) bond motifs is 1. The summed E-state index contributed by atoms with van der Waals surface area (Å²) in [5.74, 6) is 1.87. The van der Waals surface area contributed by atoms with Crippen LogP contribution in [0.15, 0.2) is 35.1 Å². The van der Waals surface area contributed by atoms with Gasteiger partial charge in [-0.25, -0.2) is 14.4 Å². The Hall–Kier alpha value is -2.62. The van der Waals surface area contributed by atoms with Crippen LogP contribution in [0.1, 0.15) is 0 Å². The minimum atomic E-state index is -0.213. The number of halogens is 2. The number of tetrazole rings is 1. The molecule has 0 N–H and O–H groups in total. The van der Waals surface area contributed by atoms with Crippen molar-refractivity contribution in [3.8, 4) is 11.4 Å². The molecule has 0 aliphatic carbocycles. The Kier molecular flexibility index (Phi) is 4.22. The maximum absolute atomic E-state index is 13.6. The highest BCUT2D eigenvalue weighted by Gasteiger charge is 2.41. The molecule has 10 heteroatoms. The van der Waals surface area contributed by atoms with Crippen molar-refractivity contribution in [2.45, 2.75) is 0 Å². The lowest BCUT2D eigenvalue weighted by molar-refractivity contribution is 0.533. The van der Waals surface area contributed by atoms with Crippen LogP contribution in [-0.4, -0.2) is 56.4 Å². The second-order valence-electron chi connectivity index (χ2n) is 7.13. The first-order chi connectivity index (χ1) is 13.6. The van der Waals surface area contributed by atoms with E-state index >= 15 is 0 Å². The number of anilines is 2. The van der Waals surface area contributed by atoms with Crippen LogP contribution in [0, 0.1) is 24.7 Å². The van der Waals surface area contributed by atoms with Crippen LogP contribution in [-0.2, 0) is 0 Å². The van der Waals surface area contributed by atoms with E-state index in [0.717, 1.165) is 41.1 Å². The largest absolute Gasteiger partial charge is 0.370 e. The van der Waals surface area contributed by atoms with Crippen molar-refractivity contribution >= 4 is 27.6 Å². The molecule has 2 unspecified atom stereocenters. The summed E-state index contributed by atoms with van der Waals surface area (Å²) in [6.07, 6.45) is 3.37. The van der Waals surface area contributed by atoms with Crippen LogP contribution in [0.3, 0.4) is 0 Å². The molecule has 2 fully saturated rings. The molecule has 8 nitrogen and oxygen atoms in total. The molecule has 2 aromatic heterocycles. The molecule has 142 valence electrons. The summed E-state index contributed by atoms with van der Waals surface area (Å²) in [4.78, 5) is 14.3.